The molecular weight excluding hydrogens is 703 g/mol. The molecule has 0 aromatic heterocycles. The van der Waals surface area contributed by atoms with Gasteiger partial charge in [0, 0.05) is 5.02 Å². The van der Waals surface area contributed by atoms with E-state index in [1.807, 2.05) is 49.4 Å². The van der Waals surface area contributed by atoms with Gasteiger partial charge in [-0.05, 0) is 150 Å². The standard InChI is InChI=1S/C36H34ClIN2O5/c1-2-44-31-16-22(15-30(38)32(31)45-20-21-3-7-27(37)8-4-21)14-29-33(41)39-35(43)40(34(29)42)28-9-5-26(6-10-28)36-17-23-11-24(18-36)13-25(12-23)19-36/h3-10,14-16,23-25H,2,11-13,17-20H2,1H3,(H,39,41,43)/b29-14+. The maximum atomic E-state index is 13.7. The van der Waals surface area contributed by atoms with E-state index >= 15 is 0 Å². The molecule has 1 saturated heterocycles. The number of imide groups is 2. The molecule has 4 amide bonds. The van der Waals surface area contributed by atoms with Crippen LogP contribution in [0.4, 0.5) is 10.5 Å². The van der Waals surface area contributed by atoms with Crippen molar-refractivity contribution < 1.29 is 23.9 Å². The minimum Gasteiger partial charge on any atom is -0.490 e. The smallest absolute Gasteiger partial charge is 0.335 e. The molecule has 9 heteroatoms. The largest absolute Gasteiger partial charge is 0.490 e. The van der Waals surface area contributed by atoms with Crippen molar-refractivity contribution in [2.75, 3.05) is 11.5 Å². The minimum absolute atomic E-state index is 0.132. The Morgan fingerprint density at radius 3 is 2.20 bits per heavy atom. The van der Waals surface area contributed by atoms with Crippen molar-refractivity contribution in [3.63, 3.8) is 0 Å². The Labute approximate surface area is 281 Å². The highest BCUT2D eigenvalue weighted by molar-refractivity contribution is 14.1. The van der Waals surface area contributed by atoms with Crippen molar-refractivity contribution in [3.8, 4) is 11.5 Å². The van der Waals surface area contributed by atoms with Gasteiger partial charge in [-0.2, -0.15) is 0 Å². The van der Waals surface area contributed by atoms with Crippen molar-refractivity contribution in [3.05, 3.63) is 91.5 Å². The lowest BCUT2D eigenvalue weighted by atomic mass is 9.48. The maximum absolute atomic E-state index is 13.7. The van der Waals surface area contributed by atoms with E-state index in [1.165, 1.54) is 50.2 Å². The summed E-state index contributed by atoms with van der Waals surface area (Å²) < 4.78 is 12.7. The van der Waals surface area contributed by atoms with Gasteiger partial charge in [-0.25, -0.2) is 9.69 Å². The second-order valence-corrected chi connectivity index (χ2v) is 14.5. The highest BCUT2D eigenvalue weighted by Gasteiger charge is 2.51. The van der Waals surface area contributed by atoms with Crippen LogP contribution >= 0.6 is 34.2 Å². The first-order chi connectivity index (χ1) is 21.7. The van der Waals surface area contributed by atoms with Gasteiger partial charge in [-0.15, -0.1) is 0 Å². The number of anilines is 1. The van der Waals surface area contributed by atoms with Crippen molar-refractivity contribution in [2.24, 2.45) is 17.8 Å². The number of hydrogen-bond acceptors (Lipinski definition) is 5. The Hall–Kier alpha value is -3.37. The Bertz CT molecular complexity index is 1670. The molecule has 3 aromatic rings. The van der Waals surface area contributed by atoms with Crippen LogP contribution in [-0.2, 0) is 21.6 Å². The second-order valence-electron chi connectivity index (χ2n) is 12.9. The maximum Gasteiger partial charge on any atom is 0.335 e. The SMILES string of the molecule is CCOc1cc(/C=C2\C(=O)NC(=O)N(c3ccc(C45CC6CC(CC(C6)C4)C5)cc3)C2=O)cc(I)c1OCc1ccc(Cl)cc1. The zero-order chi connectivity index (χ0) is 31.3. The van der Waals surface area contributed by atoms with Crippen LogP contribution in [0.3, 0.4) is 0 Å². The van der Waals surface area contributed by atoms with E-state index in [0.717, 1.165) is 31.8 Å². The molecule has 1 aliphatic heterocycles. The predicted molar refractivity (Wildman–Crippen MR) is 181 cm³/mol. The fraction of sp³-hybridized carbons (Fsp3) is 0.361. The third-order valence-corrected chi connectivity index (χ3v) is 10.9. The summed E-state index contributed by atoms with van der Waals surface area (Å²) in [6, 6.07) is 18.1. The van der Waals surface area contributed by atoms with E-state index in [1.54, 1.807) is 6.07 Å². The number of amides is 4. The van der Waals surface area contributed by atoms with Gasteiger partial charge in [0.15, 0.2) is 11.5 Å². The van der Waals surface area contributed by atoms with E-state index in [0.29, 0.717) is 41.0 Å². The summed E-state index contributed by atoms with van der Waals surface area (Å²) in [6.07, 6.45) is 9.30. The van der Waals surface area contributed by atoms with Gasteiger partial charge >= 0.3 is 6.03 Å². The molecule has 0 unspecified atom stereocenters. The van der Waals surface area contributed by atoms with Crippen molar-refractivity contribution in [2.45, 2.75) is 57.5 Å². The van der Waals surface area contributed by atoms with E-state index in [4.69, 9.17) is 21.1 Å². The zero-order valence-corrected chi connectivity index (χ0v) is 27.9. The van der Waals surface area contributed by atoms with Crippen molar-refractivity contribution in [1.82, 2.24) is 5.32 Å². The van der Waals surface area contributed by atoms with Crippen LogP contribution in [0.25, 0.3) is 6.08 Å². The summed E-state index contributed by atoms with van der Waals surface area (Å²) in [5, 5.41) is 3.00. The lowest BCUT2D eigenvalue weighted by molar-refractivity contribution is -0.122. The lowest BCUT2D eigenvalue weighted by Gasteiger charge is -2.57. The minimum atomic E-state index is -0.750. The summed E-state index contributed by atoms with van der Waals surface area (Å²) in [4.78, 5) is 40.7. The van der Waals surface area contributed by atoms with Crippen LogP contribution in [0.15, 0.2) is 66.2 Å². The van der Waals surface area contributed by atoms with Gasteiger partial charge in [0.05, 0.1) is 15.9 Å². The first-order valence-electron chi connectivity index (χ1n) is 15.6. The molecular formula is C36H34ClIN2O5. The Kier molecular flexibility index (Phi) is 8.14. The first-order valence-corrected chi connectivity index (χ1v) is 17.0. The summed E-state index contributed by atoms with van der Waals surface area (Å²) >= 11 is 8.16. The Balaban J connectivity index is 1.14. The molecule has 232 valence electrons. The molecule has 8 rings (SSSR count). The summed E-state index contributed by atoms with van der Waals surface area (Å²) in [6.45, 7) is 2.58. The molecule has 1 heterocycles. The molecule has 5 fully saturated rings. The number of benzene rings is 3. The third kappa shape index (κ3) is 5.87. The Morgan fingerprint density at radius 2 is 1.58 bits per heavy atom. The van der Waals surface area contributed by atoms with Gasteiger partial charge in [-0.1, -0.05) is 35.9 Å². The average molecular weight is 737 g/mol. The molecule has 4 aliphatic carbocycles. The van der Waals surface area contributed by atoms with Crippen molar-refractivity contribution in [1.29, 1.82) is 0 Å². The van der Waals surface area contributed by atoms with Gasteiger partial charge in [0.2, 0.25) is 0 Å². The van der Waals surface area contributed by atoms with Crippen LogP contribution in [0.2, 0.25) is 5.02 Å². The summed E-state index contributed by atoms with van der Waals surface area (Å²) in [5.41, 5.74) is 3.35. The number of barbiturate groups is 1. The number of carbonyl (C=O) groups excluding carboxylic acids is 3. The highest BCUT2D eigenvalue weighted by atomic mass is 127. The molecule has 45 heavy (non-hydrogen) atoms. The molecule has 0 radical (unpaired) electrons. The number of nitrogens with one attached hydrogen (secondary N) is 1. The quantitative estimate of drug-likeness (QED) is 0.144. The van der Waals surface area contributed by atoms with Gasteiger partial charge in [0.1, 0.15) is 12.2 Å². The molecule has 1 N–H and O–H groups in total. The number of urea groups is 1. The predicted octanol–water partition coefficient (Wildman–Crippen LogP) is 8.06. The summed E-state index contributed by atoms with van der Waals surface area (Å²) in [5.74, 6) is 2.11. The lowest BCUT2D eigenvalue weighted by Crippen LogP contribution is -2.54. The average Bonchev–Trinajstić information content (AvgIpc) is 2.99. The molecule has 7 nitrogen and oxygen atoms in total. The monoisotopic (exact) mass is 736 g/mol. The van der Waals surface area contributed by atoms with Crippen LogP contribution in [0.1, 0.15) is 62.1 Å². The molecule has 0 spiro atoms. The zero-order valence-electron chi connectivity index (χ0n) is 25.0. The number of nitrogens with zero attached hydrogens (tertiary/aromatic N) is 1. The van der Waals surface area contributed by atoms with E-state index in [-0.39, 0.29) is 11.0 Å². The van der Waals surface area contributed by atoms with E-state index in [9.17, 15) is 14.4 Å². The third-order valence-electron chi connectivity index (χ3n) is 9.82. The van der Waals surface area contributed by atoms with Crippen LogP contribution in [-0.4, -0.2) is 24.5 Å². The topological polar surface area (TPSA) is 84.9 Å². The van der Waals surface area contributed by atoms with Gasteiger partial charge in [-0.3, -0.25) is 14.9 Å². The fourth-order valence-corrected chi connectivity index (χ4v) is 9.20. The van der Waals surface area contributed by atoms with E-state index < -0.39 is 17.8 Å². The molecule has 0 atom stereocenters. The Morgan fingerprint density at radius 1 is 0.933 bits per heavy atom. The van der Waals surface area contributed by atoms with Crippen LogP contribution < -0.4 is 19.7 Å². The number of ether oxygens (including phenoxy) is 2. The molecule has 4 saturated carbocycles. The van der Waals surface area contributed by atoms with Crippen LogP contribution in [0, 0.1) is 21.3 Å². The van der Waals surface area contributed by atoms with Crippen molar-refractivity contribution >= 4 is 63.8 Å². The molecule has 4 bridgehead atoms. The highest BCUT2D eigenvalue weighted by Crippen LogP contribution is 2.60. The molecule has 3 aromatic carbocycles. The van der Waals surface area contributed by atoms with E-state index in [2.05, 4.69) is 40.0 Å². The summed E-state index contributed by atoms with van der Waals surface area (Å²) in [7, 11) is 0. The molecule has 5 aliphatic rings. The number of hydrogen-bond donors (Lipinski definition) is 1. The number of rotatable bonds is 8. The first kappa shape index (κ1) is 30.3. The van der Waals surface area contributed by atoms with Gasteiger partial charge < -0.3 is 9.47 Å². The fourth-order valence-electron chi connectivity index (χ4n) is 8.30. The van der Waals surface area contributed by atoms with Gasteiger partial charge in [0.25, 0.3) is 11.8 Å². The number of carbonyl (C=O) groups is 3. The second kappa shape index (κ2) is 12.1. The van der Waals surface area contributed by atoms with Crippen LogP contribution in [0.5, 0.6) is 11.5 Å². The normalized spacial score (nSPS) is 26.4. The number of halogens is 2.